The molecule has 0 radical (unpaired) electrons. The molecule has 0 unspecified atom stereocenters. The quantitative estimate of drug-likeness (QED) is 0.583. The summed E-state index contributed by atoms with van der Waals surface area (Å²) in [5.74, 6) is 0.677. The summed E-state index contributed by atoms with van der Waals surface area (Å²) in [5.41, 5.74) is 6.68. The number of nitrogens with one attached hydrogen (secondary N) is 3. The summed E-state index contributed by atoms with van der Waals surface area (Å²) in [7, 11) is 0. The highest BCUT2D eigenvalue weighted by Crippen LogP contribution is 2.38. The summed E-state index contributed by atoms with van der Waals surface area (Å²) in [6.45, 7) is 7.11. The van der Waals surface area contributed by atoms with E-state index in [0.29, 0.717) is 18.5 Å². The minimum Gasteiger partial charge on any atom is -0.366 e. The van der Waals surface area contributed by atoms with Crippen molar-refractivity contribution in [2.24, 2.45) is 5.41 Å². The highest BCUT2D eigenvalue weighted by molar-refractivity contribution is 5.73. The first kappa shape index (κ1) is 20.1. The van der Waals surface area contributed by atoms with Gasteiger partial charge in [-0.1, -0.05) is 19.9 Å². The molecule has 3 aromatic rings. The van der Waals surface area contributed by atoms with Crippen LogP contribution in [0.3, 0.4) is 0 Å². The van der Waals surface area contributed by atoms with Crippen LogP contribution in [0.25, 0.3) is 11.3 Å². The van der Waals surface area contributed by atoms with Crippen LogP contribution in [0.5, 0.6) is 0 Å². The van der Waals surface area contributed by atoms with Crippen molar-refractivity contribution >= 4 is 11.7 Å². The number of aromatic nitrogens is 4. The van der Waals surface area contributed by atoms with Crippen LogP contribution < -0.4 is 10.6 Å². The number of rotatable bonds is 6. The third kappa shape index (κ3) is 4.67. The molecule has 0 fully saturated rings. The number of carbonyl (C=O) groups excluding carboxylic acids is 1. The van der Waals surface area contributed by atoms with Gasteiger partial charge in [0.1, 0.15) is 5.82 Å². The van der Waals surface area contributed by atoms with Gasteiger partial charge < -0.3 is 10.6 Å². The Hall–Kier alpha value is -3.22. The molecule has 0 aromatic carbocycles. The molecule has 156 valence electrons. The second-order valence-electron chi connectivity index (χ2n) is 8.73. The Bertz CT molecular complexity index is 1040. The van der Waals surface area contributed by atoms with Crippen molar-refractivity contribution in [3.63, 3.8) is 0 Å². The minimum atomic E-state index is -0.0774. The molecule has 1 amide bonds. The van der Waals surface area contributed by atoms with Gasteiger partial charge in [0.2, 0.25) is 5.91 Å². The molecule has 7 nitrogen and oxygen atoms in total. The maximum Gasteiger partial charge on any atom is 0.217 e. The monoisotopic (exact) mass is 404 g/mol. The molecule has 1 aliphatic rings. The van der Waals surface area contributed by atoms with Crippen LogP contribution in [0.4, 0.5) is 5.82 Å². The van der Waals surface area contributed by atoms with Gasteiger partial charge in [-0.3, -0.25) is 14.9 Å². The first-order valence-electron chi connectivity index (χ1n) is 10.3. The number of carbonyl (C=O) groups is 1. The van der Waals surface area contributed by atoms with Crippen molar-refractivity contribution in [3.8, 4) is 11.3 Å². The Balaban J connectivity index is 1.64. The van der Waals surface area contributed by atoms with Gasteiger partial charge in [0.15, 0.2) is 0 Å². The zero-order valence-corrected chi connectivity index (χ0v) is 17.7. The Morgan fingerprint density at radius 3 is 2.90 bits per heavy atom. The third-order valence-corrected chi connectivity index (χ3v) is 5.53. The standard InChI is InChI=1S/C23H28N6O/c1-15(30)25-14-18-9-17(10-21(27-18)26-13-16-5-4-8-24-12-16)22-19-6-7-23(2,3)11-20(19)28-29-22/h4-5,8-10,12H,6-7,11,13-14H2,1-3H3,(H,25,30)(H,26,27)(H,28,29). The van der Waals surface area contributed by atoms with Crippen molar-refractivity contribution in [3.05, 3.63) is 59.2 Å². The maximum atomic E-state index is 11.4. The number of fused-ring (bicyclic) bond motifs is 1. The van der Waals surface area contributed by atoms with E-state index in [2.05, 4.69) is 44.6 Å². The molecule has 0 aliphatic heterocycles. The maximum absolute atomic E-state index is 11.4. The number of pyridine rings is 2. The van der Waals surface area contributed by atoms with Crippen LogP contribution in [0.2, 0.25) is 0 Å². The molecular formula is C23H28N6O. The van der Waals surface area contributed by atoms with Gasteiger partial charge in [0.05, 0.1) is 17.9 Å². The third-order valence-electron chi connectivity index (χ3n) is 5.53. The summed E-state index contributed by atoms with van der Waals surface area (Å²) < 4.78 is 0. The molecule has 0 saturated carbocycles. The largest absolute Gasteiger partial charge is 0.366 e. The lowest BCUT2D eigenvalue weighted by atomic mass is 9.76. The number of H-pyrrole nitrogens is 1. The second-order valence-corrected chi connectivity index (χ2v) is 8.73. The Kier molecular flexibility index (Phi) is 5.53. The average molecular weight is 405 g/mol. The number of hydrogen-bond acceptors (Lipinski definition) is 5. The zero-order valence-electron chi connectivity index (χ0n) is 17.7. The SMILES string of the molecule is CC(=O)NCc1cc(-c2n[nH]c3c2CCC(C)(C)C3)cc(NCc2cccnc2)n1. The highest BCUT2D eigenvalue weighted by Gasteiger charge is 2.29. The lowest BCUT2D eigenvalue weighted by molar-refractivity contribution is -0.119. The molecule has 0 bridgehead atoms. The first-order valence-corrected chi connectivity index (χ1v) is 10.3. The predicted octanol–water partition coefficient (Wildman–Crippen LogP) is 3.63. The van der Waals surface area contributed by atoms with E-state index in [9.17, 15) is 4.79 Å². The number of hydrogen-bond donors (Lipinski definition) is 3. The highest BCUT2D eigenvalue weighted by atomic mass is 16.1. The molecule has 4 rings (SSSR count). The number of nitrogens with zero attached hydrogens (tertiary/aromatic N) is 3. The molecule has 1 aliphatic carbocycles. The van der Waals surface area contributed by atoms with E-state index in [1.54, 1.807) is 6.20 Å². The van der Waals surface area contributed by atoms with Crippen molar-refractivity contribution in [2.45, 2.75) is 53.1 Å². The number of amides is 1. The summed E-state index contributed by atoms with van der Waals surface area (Å²) in [6, 6.07) is 7.99. The number of aromatic amines is 1. The van der Waals surface area contributed by atoms with Crippen LogP contribution >= 0.6 is 0 Å². The van der Waals surface area contributed by atoms with E-state index >= 15 is 0 Å². The lowest BCUT2D eigenvalue weighted by Crippen LogP contribution is -2.22. The smallest absolute Gasteiger partial charge is 0.217 e. The van der Waals surface area contributed by atoms with Crippen LogP contribution in [0.15, 0.2) is 36.7 Å². The van der Waals surface area contributed by atoms with Crippen molar-refractivity contribution < 1.29 is 4.79 Å². The normalized spacial score (nSPS) is 14.8. The molecular weight excluding hydrogens is 376 g/mol. The topological polar surface area (TPSA) is 95.6 Å². The molecule has 0 saturated heterocycles. The van der Waals surface area contributed by atoms with E-state index in [1.165, 1.54) is 18.2 Å². The molecule has 7 heteroatoms. The van der Waals surface area contributed by atoms with Gasteiger partial charge in [-0.2, -0.15) is 5.10 Å². The summed E-state index contributed by atoms with van der Waals surface area (Å²) in [6.07, 6.45) is 6.75. The second kappa shape index (κ2) is 8.26. The average Bonchev–Trinajstić information content (AvgIpc) is 3.13. The van der Waals surface area contributed by atoms with Crippen molar-refractivity contribution in [1.82, 2.24) is 25.5 Å². The summed E-state index contributed by atoms with van der Waals surface area (Å²) in [5, 5.41) is 14.1. The summed E-state index contributed by atoms with van der Waals surface area (Å²) >= 11 is 0. The van der Waals surface area contributed by atoms with E-state index in [-0.39, 0.29) is 5.91 Å². The van der Waals surface area contributed by atoms with E-state index in [4.69, 9.17) is 0 Å². The van der Waals surface area contributed by atoms with Crippen LogP contribution in [-0.2, 0) is 30.7 Å². The molecule has 3 heterocycles. The Morgan fingerprint density at radius 1 is 1.27 bits per heavy atom. The van der Waals surface area contributed by atoms with Crippen molar-refractivity contribution in [1.29, 1.82) is 0 Å². The van der Waals surface area contributed by atoms with Gasteiger partial charge in [-0.25, -0.2) is 4.98 Å². The molecule has 3 N–H and O–H groups in total. The Labute approximate surface area is 176 Å². The molecule has 30 heavy (non-hydrogen) atoms. The molecule has 0 spiro atoms. The van der Waals surface area contributed by atoms with Crippen LogP contribution in [-0.4, -0.2) is 26.1 Å². The molecule has 3 aromatic heterocycles. The minimum absolute atomic E-state index is 0.0774. The van der Waals surface area contributed by atoms with Gasteiger partial charge in [-0.05, 0) is 48.4 Å². The fourth-order valence-corrected chi connectivity index (χ4v) is 3.90. The van der Waals surface area contributed by atoms with E-state index in [0.717, 1.165) is 47.6 Å². The molecule has 0 atom stereocenters. The van der Waals surface area contributed by atoms with Gasteiger partial charge in [0.25, 0.3) is 0 Å². The predicted molar refractivity (Wildman–Crippen MR) is 117 cm³/mol. The lowest BCUT2D eigenvalue weighted by Gasteiger charge is -2.29. The fourth-order valence-electron chi connectivity index (χ4n) is 3.90. The van der Waals surface area contributed by atoms with Gasteiger partial charge >= 0.3 is 0 Å². The zero-order chi connectivity index (χ0) is 21.1. The van der Waals surface area contributed by atoms with Gasteiger partial charge in [0, 0.05) is 42.7 Å². The fraction of sp³-hybridized carbons (Fsp3) is 0.391. The van der Waals surface area contributed by atoms with Gasteiger partial charge in [-0.15, -0.1) is 0 Å². The summed E-state index contributed by atoms with van der Waals surface area (Å²) in [4.78, 5) is 20.2. The van der Waals surface area contributed by atoms with Crippen LogP contribution in [0.1, 0.15) is 49.7 Å². The van der Waals surface area contributed by atoms with E-state index in [1.807, 2.05) is 30.5 Å². The Morgan fingerprint density at radius 2 is 2.13 bits per heavy atom. The van der Waals surface area contributed by atoms with Crippen molar-refractivity contribution in [2.75, 3.05) is 5.32 Å². The van der Waals surface area contributed by atoms with E-state index < -0.39 is 0 Å². The number of anilines is 1. The van der Waals surface area contributed by atoms with Crippen LogP contribution in [0, 0.1) is 5.41 Å². The first-order chi connectivity index (χ1) is 14.4.